The van der Waals surface area contributed by atoms with Crippen molar-refractivity contribution in [3.63, 3.8) is 0 Å². The van der Waals surface area contributed by atoms with Crippen LogP contribution in [-0.4, -0.2) is 18.4 Å². The summed E-state index contributed by atoms with van der Waals surface area (Å²) in [5, 5.41) is 0.625. The zero-order valence-electron chi connectivity index (χ0n) is 11.8. The lowest BCUT2D eigenvalue weighted by Gasteiger charge is -2.03. The van der Waals surface area contributed by atoms with E-state index in [2.05, 4.69) is 9.97 Å². The van der Waals surface area contributed by atoms with Crippen molar-refractivity contribution in [2.24, 2.45) is 0 Å². The number of nitrogens with one attached hydrogen (secondary N) is 1. The lowest BCUT2D eigenvalue weighted by molar-refractivity contribution is 0.552. The number of fused-ring (bicyclic) bond motifs is 3. The van der Waals surface area contributed by atoms with Gasteiger partial charge in [-0.05, 0) is 37.0 Å². The molecule has 1 aliphatic rings. The van der Waals surface area contributed by atoms with Crippen LogP contribution >= 0.6 is 11.3 Å². The van der Waals surface area contributed by atoms with Crippen LogP contribution in [0.4, 0.5) is 3.89 Å². The van der Waals surface area contributed by atoms with Gasteiger partial charge in [0, 0.05) is 10.4 Å². The number of hydrogen-bond acceptors (Lipinski definition) is 5. The minimum atomic E-state index is -4.80. The second-order valence-electron chi connectivity index (χ2n) is 5.42. The Bertz CT molecular complexity index is 1100. The molecule has 3 aromatic rings. The van der Waals surface area contributed by atoms with E-state index in [0.29, 0.717) is 15.8 Å². The number of thiophene rings is 1. The lowest BCUT2D eigenvalue weighted by atomic mass is 10.2. The minimum Gasteiger partial charge on any atom is -0.306 e. The van der Waals surface area contributed by atoms with Gasteiger partial charge in [-0.2, -0.15) is 8.42 Å². The third-order valence-corrected chi connectivity index (χ3v) is 5.97. The third-order valence-electron chi connectivity index (χ3n) is 3.96. The number of benzene rings is 1. The van der Waals surface area contributed by atoms with Crippen molar-refractivity contribution in [2.45, 2.75) is 24.2 Å². The summed E-state index contributed by atoms with van der Waals surface area (Å²) in [6.45, 7) is 0. The maximum atomic E-state index is 13.1. The molecule has 0 amide bonds. The number of halogens is 1. The van der Waals surface area contributed by atoms with Crippen LogP contribution in [-0.2, 0) is 23.1 Å². The van der Waals surface area contributed by atoms with Crippen molar-refractivity contribution in [1.82, 2.24) is 9.97 Å². The third kappa shape index (κ3) is 2.38. The maximum absolute atomic E-state index is 13.1. The Hall–Kier alpha value is -2.06. The monoisotopic (exact) mass is 350 g/mol. The summed E-state index contributed by atoms with van der Waals surface area (Å²) < 4.78 is 35.2. The first-order valence-electron chi connectivity index (χ1n) is 7.03. The van der Waals surface area contributed by atoms with Crippen LogP contribution in [0.1, 0.15) is 16.9 Å². The minimum absolute atomic E-state index is 0.238. The van der Waals surface area contributed by atoms with Gasteiger partial charge in [-0.3, -0.25) is 4.79 Å². The highest BCUT2D eigenvalue weighted by Gasteiger charge is 2.21. The largest absolute Gasteiger partial charge is 0.332 e. The molecule has 0 radical (unpaired) electrons. The number of aryl methyl sites for hydroxylation is 2. The van der Waals surface area contributed by atoms with Crippen LogP contribution in [0.15, 0.2) is 34.0 Å². The highest BCUT2D eigenvalue weighted by atomic mass is 32.3. The van der Waals surface area contributed by atoms with Gasteiger partial charge < -0.3 is 4.98 Å². The van der Waals surface area contributed by atoms with Crippen molar-refractivity contribution >= 4 is 31.8 Å². The Labute approximate surface area is 135 Å². The number of aromatic amines is 1. The van der Waals surface area contributed by atoms with Crippen molar-refractivity contribution in [3.05, 3.63) is 45.1 Å². The van der Waals surface area contributed by atoms with Crippen LogP contribution in [0.25, 0.3) is 21.6 Å². The van der Waals surface area contributed by atoms with Crippen LogP contribution in [0.5, 0.6) is 0 Å². The molecule has 5 nitrogen and oxygen atoms in total. The molecule has 0 saturated carbocycles. The van der Waals surface area contributed by atoms with E-state index in [-0.39, 0.29) is 11.4 Å². The summed E-state index contributed by atoms with van der Waals surface area (Å²) in [7, 11) is -4.80. The van der Waals surface area contributed by atoms with E-state index >= 15 is 0 Å². The van der Waals surface area contributed by atoms with Crippen LogP contribution in [0.3, 0.4) is 0 Å². The summed E-state index contributed by atoms with van der Waals surface area (Å²) in [4.78, 5) is 20.9. The fourth-order valence-electron chi connectivity index (χ4n) is 2.93. The molecule has 118 valence electrons. The number of H-pyrrole nitrogens is 1. The van der Waals surface area contributed by atoms with Crippen molar-refractivity contribution in [1.29, 1.82) is 0 Å². The normalized spacial score (nSPS) is 14.3. The fraction of sp³-hybridized carbons (Fsp3) is 0.200. The first-order valence-corrected chi connectivity index (χ1v) is 9.23. The quantitative estimate of drug-likeness (QED) is 0.721. The Balaban J connectivity index is 1.92. The molecule has 1 aromatic carbocycles. The molecule has 0 aliphatic heterocycles. The van der Waals surface area contributed by atoms with E-state index in [9.17, 15) is 17.1 Å². The molecule has 1 N–H and O–H groups in total. The molecule has 0 atom stereocenters. The van der Waals surface area contributed by atoms with Gasteiger partial charge in [0.15, 0.2) is 0 Å². The molecule has 23 heavy (non-hydrogen) atoms. The molecule has 1 aliphatic carbocycles. The maximum Gasteiger partial charge on any atom is 0.332 e. The summed E-state index contributed by atoms with van der Waals surface area (Å²) >= 11 is 1.50. The molecule has 0 unspecified atom stereocenters. The smallest absolute Gasteiger partial charge is 0.306 e. The molecule has 2 aromatic heterocycles. The first-order chi connectivity index (χ1) is 10.9. The number of hydrogen-bond donors (Lipinski definition) is 1. The van der Waals surface area contributed by atoms with Gasteiger partial charge in [0.25, 0.3) is 5.56 Å². The Morgan fingerprint density at radius 3 is 2.87 bits per heavy atom. The summed E-state index contributed by atoms with van der Waals surface area (Å²) in [5.41, 5.74) is 1.19. The van der Waals surface area contributed by atoms with E-state index in [1.54, 1.807) is 6.07 Å². The Kier molecular flexibility index (Phi) is 3.14. The molecular formula is C15H11FN2O3S2. The van der Waals surface area contributed by atoms with Crippen molar-refractivity contribution < 1.29 is 12.3 Å². The average molecular weight is 350 g/mol. The van der Waals surface area contributed by atoms with E-state index in [1.807, 2.05) is 0 Å². The second-order valence-corrected chi connectivity index (χ2v) is 7.85. The standard InChI is InChI=1S/C15H11FN2O3S2/c16-23(20,21)9-4-1-3-8(7-9)13-17-14(19)12-10-5-2-6-11(10)22-15(12)18-13/h1,3-4,7H,2,5-6H2,(H,17,18,19). The number of aromatic nitrogens is 2. The zero-order chi connectivity index (χ0) is 16.2. The van der Waals surface area contributed by atoms with Crippen molar-refractivity contribution in [2.75, 3.05) is 0 Å². The number of rotatable bonds is 2. The van der Waals surface area contributed by atoms with Gasteiger partial charge in [0.1, 0.15) is 10.7 Å². The second kappa shape index (κ2) is 4.97. The predicted molar refractivity (Wildman–Crippen MR) is 86.0 cm³/mol. The Morgan fingerprint density at radius 2 is 2.09 bits per heavy atom. The van der Waals surface area contributed by atoms with Crippen LogP contribution in [0.2, 0.25) is 0 Å². The molecule has 0 fully saturated rings. The molecule has 0 bridgehead atoms. The first kappa shape index (κ1) is 14.5. The SMILES string of the molecule is O=c1[nH]c(-c2cccc(S(=O)(=O)F)c2)nc2sc3c(c12)CCC3. The van der Waals surface area contributed by atoms with E-state index in [1.165, 1.54) is 28.3 Å². The Morgan fingerprint density at radius 1 is 1.26 bits per heavy atom. The molecule has 0 saturated heterocycles. The van der Waals surface area contributed by atoms with Crippen LogP contribution < -0.4 is 5.56 Å². The lowest BCUT2D eigenvalue weighted by Crippen LogP contribution is -2.09. The molecule has 2 heterocycles. The van der Waals surface area contributed by atoms with Gasteiger partial charge in [-0.1, -0.05) is 12.1 Å². The van der Waals surface area contributed by atoms with Gasteiger partial charge in [0.05, 0.1) is 10.3 Å². The summed E-state index contributed by atoms with van der Waals surface area (Å²) in [6.07, 6.45) is 2.89. The van der Waals surface area contributed by atoms with Gasteiger partial charge >= 0.3 is 10.2 Å². The van der Waals surface area contributed by atoms with Gasteiger partial charge in [0.2, 0.25) is 0 Å². The topological polar surface area (TPSA) is 79.9 Å². The molecule has 0 spiro atoms. The molecule has 8 heteroatoms. The van der Waals surface area contributed by atoms with E-state index in [0.717, 1.165) is 30.9 Å². The molecular weight excluding hydrogens is 339 g/mol. The van der Waals surface area contributed by atoms with E-state index in [4.69, 9.17) is 0 Å². The number of nitrogens with zero attached hydrogens (tertiary/aromatic N) is 1. The zero-order valence-corrected chi connectivity index (χ0v) is 13.4. The van der Waals surface area contributed by atoms with Crippen LogP contribution in [0, 0.1) is 0 Å². The predicted octanol–water partition coefficient (Wildman–Crippen LogP) is 2.80. The molecule has 4 rings (SSSR count). The van der Waals surface area contributed by atoms with Gasteiger partial charge in [-0.25, -0.2) is 4.98 Å². The highest BCUT2D eigenvalue weighted by Crippen LogP contribution is 2.35. The summed E-state index contributed by atoms with van der Waals surface area (Å²) in [6, 6.07) is 5.33. The van der Waals surface area contributed by atoms with Crippen molar-refractivity contribution in [3.8, 4) is 11.4 Å². The van der Waals surface area contributed by atoms with Gasteiger partial charge in [-0.15, -0.1) is 15.2 Å². The summed E-state index contributed by atoms with van der Waals surface area (Å²) in [5.74, 6) is 0.243. The fourth-order valence-corrected chi connectivity index (χ4v) is 4.70. The highest BCUT2D eigenvalue weighted by molar-refractivity contribution is 7.86. The average Bonchev–Trinajstić information content (AvgIpc) is 3.06. The van der Waals surface area contributed by atoms with E-state index < -0.39 is 15.1 Å².